The summed E-state index contributed by atoms with van der Waals surface area (Å²) in [6, 6.07) is 6.53. The van der Waals surface area contributed by atoms with Crippen LogP contribution in [0.3, 0.4) is 0 Å². The van der Waals surface area contributed by atoms with Gasteiger partial charge in [0, 0.05) is 12.5 Å². The third-order valence-electron chi connectivity index (χ3n) is 3.83. The van der Waals surface area contributed by atoms with Crippen LogP contribution in [-0.2, 0) is 4.79 Å². The largest absolute Gasteiger partial charge is 0.493 e. The Labute approximate surface area is 120 Å². The molecule has 1 amide bonds. The summed E-state index contributed by atoms with van der Waals surface area (Å²) in [6.45, 7) is 6.42. The zero-order chi connectivity index (χ0) is 14.8. The van der Waals surface area contributed by atoms with Gasteiger partial charge in [-0.3, -0.25) is 4.79 Å². The van der Waals surface area contributed by atoms with E-state index in [4.69, 9.17) is 10.5 Å². The number of carbonyl (C=O) groups is 1. The van der Waals surface area contributed by atoms with Crippen LogP contribution >= 0.6 is 0 Å². The molecule has 4 heteroatoms. The van der Waals surface area contributed by atoms with Crippen LogP contribution in [0.2, 0.25) is 0 Å². The van der Waals surface area contributed by atoms with E-state index < -0.39 is 5.54 Å². The standard InChI is InChI=1S/C16H24N2O2/c1-11-4-7-14(12(2)10-11)20-9-8-16(3,15(17)19)18-13-5-6-13/h4,7,10,13,18H,5-6,8-9H2,1-3H3,(H2,17,19). The molecule has 1 aliphatic carbocycles. The van der Waals surface area contributed by atoms with Crippen molar-refractivity contribution in [1.29, 1.82) is 0 Å². The summed E-state index contributed by atoms with van der Waals surface area (Å²) in [5.74, 6) is 0.558. The van der Waals surface area contributed by atoms with E-state index in [0.717, 1.165) is 24.2 Å². The van der Waals surface area contributed by atoms with Crippen LogP contribution in [0.25, 0.3) is 0 Å². The molecule has 1 unspecified atom stereocenters. The smallest absolute Gasteiger partial charge is 0.237 e. The highest BCUT2D eigenvalue weighted by molar-refractivity contribution is 5.84. The SMILES string of the molecule is Cc1ccc(OCCC(C)(NC2CC2)C(N)=O)c(C)c1. The van der Waals surface area contributed by atoms with Crippen molar-refractivity contribution in [2.75, 3.05) is 6.61 Å². The van der Waals surface area contributed by atoms with Gasteiger partial charge in [0.1, 0.15) is 5.75 Å². The van der Waals surface area contributed by atoms with Crippen molar-refractivity contribution in [3.8, 4) is 5.75 Å². The van der Waals surface area contributed by atoms with Gasteiger partial charge in [0.25, 0.3) is 0 Å². The van der Waals surface area contributed by atoms with Crippen LogP contribution in [0.1, 0.15) is 37.3 Å². The number of hydrogen-bond donors (Lipinski definition) is 2. The maximum atomic E-state index is 11.6. The molecule has 0 spiro atoms. The van der Waals surface area contributed by atoms with Crippen molar-refractivity contribution in [1.82, 2.24) is 5.32 Å². The lowest BCUT2D eigenvalue weighted by molar-refractivity contribution is -0.124. The number of nitrogens with two attached hydrogens (primary N) is 1. The topological polar surface area (TPSA) is 64.3 Å². The van der Waals surface area contributed by atoms with E-state index >= 15 is 0 Å². The Morgan fingerprint density at radius 1 is 1.45 bits per heavy atom. The molecule has 1 atom stereocenters. The molecular formula is C16H24N2O2. The first-order valence-electron chi connectivity index (χ1n) is 7.18. The molecule has 1 saturated carbocycles. The van der Waals surface area contributed by atoms with Crippen molar-refractivity contribution in [2.45, 2.75) is 51.6 Å². The van der Waals surface area contributed by atoms with Gasteiger partial charge >= 0.3 is 0 Å². The van der Waals surface area contributed by atoms with Crippen LogP contribution in [0, 0.1) is 13.8 Å². The predicted octanol–water partition coefficient (Wildman–Crippen LogP) is 2.07. The summed E-state index contributed by atoms with van der Waals surface area (Å²) in [6.07, 6.45) is 2.83. The lowest BCUT2D eigenvalue weighted by atomic mass is 9.97. The van der Waals surface area contributed by atoms with E-state index in [1.54, 1.807) is 0 Å². The molecule has 0 bridgehead atoms. The molecular weight excluding hydrogens is 252 g/mol. The van der Waals surface area contributed by atoms with Crippen molar-refractivity contribution in [2.24, 2.45) is 5.73 Å². The molecule has 0 aliphatic heterocycles. The van der Waals surface area contributed by atoms with Gasteiger partial charge in [-0.2, -0.15) is 0 Å². The lowest BCUT2D eigenvalue weighted by Gasteiger charge is -2.27. The number of benzene rings is 1. The summed E-state index contributed by atoms with van der Waals surface area (Å²) in [7, 11) is 0. The number of primary amides is 1. The summed E-state index contributed by atoms with van der Waals surface area (Å²) in [5.41, 5.74) is 7.17. The minimum atomic E-state index is -0.681. The van der Waals surface area contributed by atoms with Crippen molar-refractivity contribution in [3.63, 3.8) is 0 Å². The van der Waals surface area contributed by atoms with Gasteiger partial charge in [-0.15, -0.1) is 0 Å². The van der Waals surface area contributed by atoms with Gasteiger partial charge in [0.05, 0.1) is 12.1 Å². The summed E-state index contributed by atoms with van der Waals surface area (Å²) >= 11 is 0. The van der Waals surface area contributed by atoms with E-state index in [2.05, 4.69) is 18.3 Å². The number of aryl methyl sites for hydroxylation is 2. The molecule has 0 radical (unpaired) electrons. The summed E-state index contributed by atoms with van der Waals surface area (Å²) < 4.78 is 5.79. The van der Waals surface area contributed by atoms with Gasteiger partial charge in [0.15, 0.2) is 0 Å². The number of nitrogens with one attached hydrogen (secondary N) is 1. The Morgan fingerprint density at radius 2 is 2.15 bits per heavy atom. The molecule has 1 aromatic carbocycles. The maximum Gasteiger partial charge on any atom is 0.237 e. The lowest BCUT2D eigenvalue weighted by Crippen LogP contribution is -2.54. The van der Waals surface area contributed by atoms with Gasteiger partial charge in [-0.25, -0.2) is 0 Å². The highest BCUT2D eigenvalue weighted by atomic mass is 16.5. The van der Waals surface area contributed by atoms with Gasteiger partial charge < -0.3 is 15.8 Å². The summed E-state index contributed by atoms with van der Waals surface area (Å²) in [4.78, 5) is 11.6. The second-order valence-corrected chi connectivity index (χ2v) is 5.98. The zero-order valence-corrected chi connectivity index (χ0v) is 12.5. The Morgan fingerprint density at radius 3 is 2.70 bits per heavy atom. The van der Waals surface area contributed by atoms with Gasteiger partial charge in [-0.05, 0) is 45.2 Å². The highest BCUT2D eigenvalue weighted by Gasteiger charge is 2.36. The number of amides is 1. The molecule has 0 heterocycles. The highest BCUT2D eigenvalue weighted by Crippen LogP contribution is 2.25. The molecule has 1 aliphatic rings. The minimum Gasteiger partial charge on any atom is -0.493 e. The Bertz CT molecular complexity index is 497. The monoisotopic (exact) mass is 276 g/mol. The second kappa shape index (κ2) is 5.83. The average Bonchev–Trinajstić information content (AvgIpc) is 3.15. The fourth-order valence-electron chi connectivity index (χ4n) is 2.27. The molecule has 3 N–H and O–H groups in total. The quantitative estimate of drug-likeness (QED) is 0.801. The number of carbonyl (C=O) groups excluding carboxylic acids is 1. The van der Waals surface area contributed by atoms with Crippen LogP contribution in [-0.4, -0.2) is 24.1 Å². The molecule has 20 heavy (non-hydrogen) atoms. The third kappa shape index (κ3) is 3.73. The first-order valence-corrected chi connectivity index (χ1v) is 7.18. The average molecular weight is 276 g/mol. The van der Waals surface area contributed by atoms with Crippen LogP contribution in [0.5, 0.6) is 5.75 Å². The molecule has 2 rings (SSSR count). The van der Waals surface area contributed by atoms with E-state index in [-0.39, 0.29) is 5.91 Å². The molecule has 1 fully saturated rings. The molecule has 0 aromatic heterocycles. The van der Waals surface area contributed by atoms with E-state index in [1.807, 2.05) is 26.0 Å². The Hall–Kier alpha value is -1.55. The van der Waals surface area contributed by atoms with Crippen LogP contribution < -0.4 is 15.8 Å². The van der Waals surface area contributed by atoms with E-state index in [0.29, 0.717) is 19.1 Å². The number of ether oxygens (including phenoxy) is 1. The summed E-state index contributed by atoms with van der Waals surface area (Å²) in [5, 5.41) is 3.32. The van der Waals surface area contributed by atoms with Gasteiger partial charge in [-0.1, -0.05) is 17.7 Å². The van der Waals surface area contributed by atoms with Crippen molar-refractivity contribution < 1.29 is 9.53 Å². The maximum absolute atomic E-state index is 11.6. The Kier molecular flexibility index (Phi) is 4.33. The molecule has 1 aromatic rings. The molecule has 4 nitrogen and oxygen atoms in total. The third-order valence-corrected chi connectivity index (χ3v) is 3.83. The van der Waals surface area contributed by atoms with Gasteiger partial charge in [0.2, 0.25) is 5.91 Å². The van der Waals surface area contributed by atoms with E-state index in [9.17, 15) is 4.79 Å². The van der Waals surface area contributed by atoms with Crippen LogP contribution in [0.15, 0.2) is 18.2 Å². The van der Waals surface area contributed by atoms with Crippen LogP contribution in [0.4, 0.5) is 0 Å². The fraction of sp³-hybridized carbons (Fsp3) is 0.562. The molecule has 110 valence electrons. The fourth-order valence-corrected chi connectivity index (χ4v) is 2.27. The molecule has 0 saturated heterocycles. The number of hydrogen-bond acceptors (Lipinski definition) is 3. The Balaban J connectivity index is 1.90. The number of rotatable bonds is 7. The van der Waals surface area contributed by atoms with E-state index in [1.165, 1.54) is 5.56 Å². The van der Waals surface area contributed by atoms with Crippen molar-refractivity contribution in [3.05, 3.63) is 29.3 Å². The second-order valence-electron chi connectivity index (χ2n) is 5.98. The first-order chi connectivity index (χ1) is 9.40. The zero-order valence-electron chi connectivity index (χ0n) is 12.5. The first kappa shape index (κ1) is 14.9. The predicted molar refractivity (Wildman–Crippen MR) is 79.8 cm³/mol. The normalized spacial score (nSPS) is 17.6. The minimum absolute atomic E-state index is 0.311. The van der Waals surface area contributed by atoms with Crippen molar-refractivity contribution >= 4 is 5.91 Å².